The molecule has 0 saturated carbocycles. The molecule has 0 unspecified atom stereocenters. The van der Waals surface area contributed by atoms with Crippen molar-refractivity contribution in [1.82, 2.24) is 19.5 Å². The van der Waals surface area contributed by atoms with Crippen molar-refractivity contribution in [2.24, 2.45) is 7.05 Å². The molecule has 0 aliphatic heterocycles. The Morgan fingerprint density at radius 1 is 1.21 bits per heavy atom. The Bertz CT molecular complexity index is 689. The van der Waals surface area contributed by atoms with E-state index in [1.807, 2.05) is 43.1 Å². The summed E-state index contributed by atoms with van der Waals surface area (Å²) in [7, 11) is 4.01. The average Bonchev–Trinajstić information content (AvgIpc) is 2.78. The van der Waals surface area contributed by atoms with Crippen LogP contribution in [0.25, 0.3) is 11.2 Å². The molecule has 19 heavy (non-hydrogen) atoms. The molecule has 0 fully saturated rings. The Balaban J connectivity index is 1.93. The molecule has 96 valence electrons. The maximum Gasteiger partial charge on any atom is 0.207 e. The topological polar surface area (TPSA) is 46.8 Å². The van der Waals surface area contributed by atoms with Crippen molar-refractivity contribution in [1.29, 1.82) is 0 Å². The molecule has 0 N–H and O–H groups in total. The van der Waals surface area contributed by atoms with Crippen molar-refractivity contribution < 1.29 is 0 Å². The lowest BCUT2D eigenvalue weighted by Gasteiger charge is -2.17. The fourth-order valence-corrected chi connectivity index (χ4v) is 2.19. The third kappa shape index (κ3) is 2.14. The Labute approximate surface area is 111 Å². The first-order valence-electron chi connectivity index (χ1n) is 6.13. The van der Waals surface area contributed by atoms with Crippen LogP contribution in [0.5, 0.6) is 0 Å². The van der Waals surface area contributed by atoms with Crippen molar-refractivity contribution in [3.63, 3.8) is 0 Å². The van der Waals surface area contributed by atoms with Crippen LogP contribution in [0.3, 0.4) is 0 Å². The van der Waals surface area contributed by atoms with Gasteiger partial charge in [-0.3, -0.25) is 9.55 Å². The predicted molar refractivity (Wildman–Crippen MR) is 74.9 cm³/mol. The Kier molecular flexibility index (Phi) is 2.87. The summed E-state index contributed by atoms with van der Waals surface area (Å²) < 4.78 is 2.01. The first kappa shape index (κ1) is 11.6. The van der Waals surface area contributed by atoms with Gasteiger partial charge in [0, 0.05) is 39.2 Å². The van der Waals surface area contributed by atoms with Crippen molar-refractivity contribution in [2.75, 3.05) is 11.9 Å². The summed E-state index contributed by atoms with van der Waals surface area (Å²) in [5.41, 5.74) is 2.97. The number of anilines is 1. The van der Waals surface area contributed by atoms with E-state index in [4.69, 9.17) is 0 Å². The summed E-state index contributed by atoms with van der Waals surface area (Å²) in [6, 6.07) is 7.88. The minimum Gasteiger partial charge on any atom is -0.341 e. The van der Waals surface area contributed by atoms with Crippen LogP contribution < -0.4 is 4.90 Å². The highest BCUT2D eigenvalue weighted by Crippen LogP contribution is 2.19. The maximum absolute atomic E-state index is 4.61. The van der Waals surface area contributed by atoms with E-state index in [1.165, 1.54) is 0 Å². The van der Waals surface area contributed by atoms with Crippen LogP contribution >= 0.6 is 0 Å². The third-order valence-electron chi connectivity index (χ3n) is 3.09. The zero-order chi connectivity index (χ0) is 13.2. The van der Waals surface area contributed by atoms with Crippen LogP contribution in [0.1, 0.15) is 5.56 Å². The largest absolute Gasteiger partial charge is 0.341 e. The number of aryl methyl sites for hydroxylation is 1. The van der Waals surface area contributed by atoms with Crippen molar-refractivity contribution in [3.8, 4) is 0 Å². The van der Waals surface area contributed by atoms with Gasteiger partial charge in [-0.05, 0) is 23.8 Å². The third-order valence-corrected chi connectivity index (χ3v) is 3.09. The summed E-state index contributed by atoms with van der Waals surface area (Å²) in [4.78, 5) is 15.2. The number of rotatable bonds is 3. The van der Waals surface area contributed by atoms with Gasteiger partial charge in [-0.15, -0.1) is 0 Å². The molecule has 5 heteroatoms. The van der Waals surface area contributed by atoms with Gasteiger partial charge in [0.25, 0.3) is 0 Å². The van der Waals surface area contributed by atoms with E-state index in [-0.39, 0.29) is 0 Å². The van der Waals surface area contributed by atoms with Gasteiger partial charge in [-0.25, -0.2) is 9.97 Å². The second-order valence-electron chi connectivity index (χ2n) is 4.53. The van der Waals surface area contributed by atoms with Crippen LogP contribution in [0.15, 0.2) is 42.9 Å². The SMILES string of the molecule is CN(Cc1cccnc1)c1nc2cccnc2n1C. The molecule has 3 rings (SSSR count). The van der Waals surface area contributed by atoms with Gasteiger partial charge in [-0.2, -0.15) is 0 Å². The molecule has 0 saturated heterocycles. The minimum absolute atomic E-state index is 0.769. The number of aromatic nitrogens is 4. The number of pyridine rings is 2. The van der Waals surface area contributed by atoms with Crippen molar-refractivity contribution in [3.05, 3.63) is 48.4 Å². The van der Waals surface area contributed by atoms with Gasteiger partial charge in [0.1, 0.15) is 5.52 Å². The number of imidazole rings is 1. The van der Waals surface area contributed by atoms with Crippen LogP contribution in [0, 0.1) is 0 Å². The predicted octanol–water partition coefficient (Wildman–Crippen LogP) is 2.00. The molecule has 0 radical (unpaired) electrons. The average molecular weight is 253 g/mol. The van der Waals surface area contributed by atoms with Crippen LogP contribution in [-0.4, -0.2) is 26.6 Å². The molecule has 0 spiro atoms. The fraction of sp³-hybridized carbons (Fsp3) is 0.214. The normalized spacial score (nSPS) is 10.8. The first-order valence-corrected chi connectivity index (χ1v) is 6.13. The monoisotopic (exact) mass is 253 g/mol. The van der Waals surface area contributed by atoms with E-state index in [0.29, 0.717) is 0 Å². The summed E-state index contributed by atoms with van der Waals surface area (Å²) in [5, 5.41) is 0. The molecule has 0 aliphatic carbocycles. The van der Waals surface area contributed by atoms with E-state index in [0.717, 1.165) is 29.2 Å². The van der Waals surface area contributed by atoms with Crippen molar-refractivity contribution in [2.45, 2.75) is 6.54 Å². The van der Waals surface area contributed by atoms with E-state index >= 15 is 0 Å². The Morgan fingerprint density at radius 3 is 2.79 bits per heavy atom. The molecule has 0 aromatic carbocycles. The summed E-state index contributed by atoms with van der Waals surface area (Å²) >= 11 is 0. The van der Waals surface area contributed by atoms with Gasteiger partial charge in [0.05, 0.1) is 0 Å². The molecule has 3 aromatic rings. The smallest absolute Gasteiger partial charge is 0.207 e. The van der Waals surface area contributed by atoms with Crippen LogP contribution in [-0.2, 0) is 13.6 Å². The molecule has 5 nitrogen and oxygen atoms in total. The molecule has 3 aromatic heterocycles. The molecule has 0 atom stereocenters. The first-order chi connectivity index (χ1) is 9.25. The number of hydrogen-bond acceptors (Lipinski definition) is 4. The standard InChI is InChI=1S/C14H15N5/c1-18(10-11-5-3-7-15-9-11)14-17-12-6-4-8-16-13(12)19(14)2/h3-9H,10H2,1-2H3. The highest BCUT2D eigenvalue weighted by atomic mass is 15.3. The van der Waals surface area contributed by atoms with Gasteiger partial charge in [0.2, 0.25) is 5.95 Å². The zero-order valence-corrected chi connectivity index (χ0v) is 11.0. The van der Waals surface area contributed by atoms with E-state index in [9.17, 15) is 0 Å². The van der Waals surface area contributed by atoms with Gasteiger partial charge in [0.15, 0.2) is 5.65 Å². The molecular weight excluding hydrogens is 238 g/mol. The number of fused-ring (bicyclic) bond motifs is 1. The molecule has 0 aliphatic rings. The second-order valence-corrected chi connectivity index (χ2v) is 4.53. The zero-order valence-electron chi connectivity index (χ0n) is 11.0. The minimum atomic E-state index is 0.769. The highest BCUT2D eigenvalue weighted by Gasteiger charge is 2.12. The van der Waals surface area contributed by atoms with Crippen LogP contribution in [0.4, 0.5) is 5.95 Å². The fourth-order valence-electron chi connectivity index (χ4n) is 2.19. The maximum atomic E-state index is 4.61. The number of hydrogen-bond donors (Lipinski definition) is 0. The summed E-state index contributed by atoms with van der Waals surface area (Å²) in [6.07, 6.45) is 5.44. The Hall–Kier alpha value is -2.43. The van der Waals surface area contributed by atoms with Gasteiger partial charge >= 0.3 is 0 Å². The van der Waals surface area contributed by atoms with Crippen LogP contribution in [0.2, 0.25) is 0 Å². The molecule has 3 heterocycles. The number of nitrogens with zero attached hydrogens (tertiary/aromatic N) is 5. The molecule has 0 bridgehead atoms. The Morgan fingerprint density at radius 2 is 2.05 bits per heavy atom. The highest BCUT2D eigenvalue weighted by molar-refractivity contribution is 5.74. The molecule has 0 amide bonds. The lowest BCUT2D eigenvalue weighted by molar-refractivity contribution is 0.811. The lowest BCUT2D eigenvalue weighted by atomic mass is 10.3. The second kappa shape index (κ2) is 4.68. The quantitative estimate of drug-likeness (QED) is 0.716. The van der Waals surface area contributed by atoms with E-state index in [2.05, 4.69) is 25.9 Å². The summed E-state index contributed by atoms with van der Waals surface area (Å²) in [5.74, 6) is 0.901. The van der Waals surface area contributed by atoms with E-state index < -0.39 is 0 Å². The van der Waals surface area contributed by atoms with Gasteiger partial charge < -0.3 is 4.90 Å². The molecular formula is C14H15N5. The lowest BCUT2D eigenvalue weighted by Crippen LogP contribution is -2.20. The van der Waals surface area contributed by atoms with E-state index in [1.54, 1.807) is 12.4 Å². The van der Waals surface area contributed by atoms with Crippen molar-refractivity contribution >= 4 is 17.1 Å². The summed E-state index contributed by atoms with van der Waals surface area (Å²) in [6.45, 7) is 0.769. The van der Waals surface area contributed by atoms with Gasteiger partial charge in [-0.1, -0.05) is 6.07 Å².